The van der Waals surface area contributed by atoms with E-state index in [1.807, 2.05) is 0 Å². The van der Waals surface area contributed by atoms with Gasteiger partial charge in [-0.3, -0.25) is 14.2 Å². The standard InChI is InChI=1S/C17H23N5O3S.ClH/c1-13-4-5-14(12-15(13)21-26(2,24)25)20-16(23)17(6-9-18-10-7-17)22-11-3-8-19-22;/h3-5,8,11-12,18,21H,6-7,9-10H2,1-2H3,(H,20,23);1H. The van der Waals surface area contributed by atoms with Crippen molar-refractivity contribution in [3.8, 4) is 0 Å². The highest BCUT2D eigenvalue weighted by atomic mass is 35.5. The smallest absolute Gasteiger partial charge is 0.252 e. The van der Waals surface area contributed by atoms with Crippen LogP contribution in [0.5, 0.6) is 0 Å². The SMILES string of the molecule is Cc1ccc(NC(=O)C2(n3cccn3)CCNCC2)cc1NS(C)(=O)=O.Cl. The molecule has 1 aromatic heterocycles. The zero-order chi connectivity index (χ0) is 18.8. The molecule has 1 fully saturated rings. The summed E-state index contributed by atoms with van der Waals surface area (Å²) >= 11 is 0. The number of sulfonamides is 1. The molecule has 0 saturated carbocycles. The fraction of sp³-hybridized carbons (Fsp3) is 0.412. The molecule has 2 heterocycles. The van der Waals surface area contributed by atoms with Crippen LogP contribution in [0.2, 0.25) is 0 Å². The lowest BCUT2D eigenvalue weighted by molar-refractivity contribution is -0.126. The summed E-state index contributed by atoms with van der Waals surface area (Å²) in [6, 6.07) is 6.97. The minimum atomic E-state index is -3.40. The summed E-state index contributed by atoms with van der Waals surface area (Å²) in [6.45, 7) is 3.25. The van der Waals surface area contributed by atoms with Gasteiger partial charge in [0.25, 0.3) is 5.91 Å². The number of aromatic nitrogens is 2. The number of hydrogen-bond donors (Lipinski definition) is 3. The Labute approximate surface area is 165 Å². The number of aryl methyl sites for hydroxylation is 1. The molecule has 1 aromatic carbocycles. The zero-order valence-electron chi connectivity index (χ0n) is 15.2. The molecule has 8 nitrogen and oxygen atoms in total. The molecular weight excluding hydrogens is 390 g/mol. The molecule has 148 valence electrons. The van der Waals surface area contributed by atoms with E-state index in [0.717, 1.165) is 24.9 Å². The minimum Gasteiger partial charge on any atom is -0.324 e. The van der Waals surface area contributed by atoms with Gasteiger partial charge < -0.3 is 10.6 Å². The molecule has 1 amide bonds. The van der Waals surface area contributed by atoms with Crippen molar-refractivity contribution in [1.82, 2.24) is 15.1 Å². The molecule has 1 saturated heterocycles. The first kappa shape index (κ1) is 21.2. The third-order valence-electron chi connectivity index (χ3n) is 4.59. The zero-order valence-corrected chi connectivity index (χ0v) is 16.9. The van der Waals surface area contributed by atoms with Gasteiger partial charge in [-0.1, -0.05) is 6.07 Å². The number of amides is 1. The van der Waals surface area contributed by atoms with E-state index < -0.39 is 15.6 Å². The molecule has 10 heteroatoms. The van der Waals surface area contributed by atoms with E-state index >= 15 is 0 Å². The lowest BCUT2D eigenvalue weighted by Gasteiger charge is -2.36. The molecule has 2 aromatic rings. The number of piperidine rings is 1. The van der Waals surface area contributed by atoms with Gasteiger partial charge >= 0.3 is 0 Å². The molecule has 1 aliphatic heterocycles. The van der Waals surface area contributed by atoms with E-state index in [2.05, 4.69) is 20.5 Å². The molecular formula is C17H24ClN5O3S. The van der Waals surface area contributed by atoms with Gasteiger partial charge in [0.2, 0.25) is 10.0 Å². The molecule has 3 N–H and O–H groups in total. The van der Waals surface area contributed by atoms with Crippen LogP contribution < -0.4 is 15.4 Å². The monoisotopic (exact) mass is 413 g/mol. The Morgan fingerprint density at radius 3 is 2.59 bits per heavy atom. The topological polar surface area (TPSA) is 105 Å². The third kappa shape index (κ3) is 4.79. The van der Waals surface area contributed by atoms with Crippen molar-refractivity contribution in [1.29, 1.82) is 0 Å². The summed E-state index contributed by atoms with van der Waals surface area (Å²) < 4.78 is 27.2. The molecule has 0 atom stereocenters. The fourth-order valence-electron chi connectivity index (χ4n) is 3.18. The van der Waals surface area contributed by atoms with E-state index in [0.29, 0.717) is 24.2 Å². The normalized spacial score (nSPS) is 16.2. The van der Waals surface area contributed by atoms with Gasteiger partial charge in [-0.15, -0.1) is 12.4 Å². The average molecular weight is 414 g/mol. The van der Waals surface area contributed by atoms with E-state index in [1.54, 1.807) is 48.3 Å². The number of halogens is 1. The van der Waals surface area contributed by atoms with Gasteiger partial charge in [-0.2, -0.15) is 5.10 Å². The summed E-state index contributed by atoms with van der Waals surface area (Å²) in [4.78, 5) is 13.1. The predicted molar refractivity (Wildman–Crippen MR) is 108 cm³/mol. The van der Waals surface area contributed by atoms with Crippen LogP contribution in [0.3, 0.4) is 0 Å². The number of benzene rings is 1. The van der Waals surface area contributed by atoms with Gasteiger partial charge in [0, 0.05) is 18.1 Å². The summed E-state index contributed by atoms with van der Waals surface area (Å²) in [5, 5.41) is 10.5. The van der Waals surface area contributed by atoms with Gasteiger partial charge in [-0.05, 0) is 56.6 Å². The first-order chi connectivity index (χ1) is 12.3. The van der Waals surface area contributed by atoms with Crippen molar-refractivity contribution in [2.75, 3.05) is 29.4 Å². The number of rotatable bonds is 5. The van der Waals surface area contributed by atoms with E-state index in [-0.39, 0.29) is 18.3 Å². The van der Waals surface area contributed by atoms with Crippen LogP contribution in [0.15, 0.2) is 36.7 Å². The van der Waals surface area contributed by atoms with Crippen molar-refractivity contribution in [3.05, 3.63) is 42.2 Å². The Morgan fingerprint density at radius 1 is 1.30 bits per heavy atom. The van der Waals surface area contributed by atoms with Crippen LogP contribution in [0.4, 0.5) is 11.4 Å². The first-order valence-corrected chi connectivity index (χ1v) is 10.3. The van der Waals surface area contributed by atoms with Crippen molar-refractivity contribution >= 4 is 39.7 Å². The van der Waals surface area contributed by atoms with Gasteiger partial charge in [-0.25, -0.2) is 8.42 Å². The Bertz CT molecular complexity index is 893. The summed E-state index contributed by atoms with van der Waals surface area (Å²) in [5.41, 5.74) is 1.00. The maximum atomic E-state index is 13.1. The number of nitrogens with one attached hydrogen (secondary N) is 3. The molecule has 0 unspecified atom stereocenters. The first-order valence-electron chi connectivity index (χ1n) is 8.41. The van der Waals surface area contributed by atoms with E-state index in [1.165, 1.54) is 0 Å². The summed E-state index contributed by atoms with van der Waals surface area (Å²) in [7, 11) is -3.40. The highest BCUT2D eigenvalue weighted by Gasteiger charge is 2.42. The molecule has 0 aliphatic carbocycles. The predicted octanol–water partition coefficient (Wildman–Crippen LogP) is 1.70. The van der Waals surface area contributed by atoms with Crippen LogP contribution in [-0.4, -0.2) is 43.5 Å². The average Bonchev–Trinajstić information content (AvgIpc) is 3.12. The van der Waals surface area contributed by atoms with Gasteiger partial charge in [0.1, 0.15) is 5.54 Å². The fourth-order valence-corrected chi connectivity index (χ4v) is 3.80. The van der Waals surface area contributed by atoms with Crippen LogP contribution in [0.1, 0.15) is 18.4 Å². The van der Waals surface area contributed by atoms with Crippen molar-refractivity contribution in [3.63, 3.8) is 0 Å². The molecule has 0 radical (unpaired) electrons. The number of nitrogens with zero attached hydrogens (tertiary/aromatic N) is 2. The summed E-state index contributed by atoms with van der Waals surface area (Å²) in [6.07, 6.45) is 5.81. The maximum Gasteiger partial charge on any atom is 0.252 e. The highest BCUT2D eigenvalue weighted by Crippen LogP contribution is 2.29. The molecule has 27 heavy (non-hydrogen) atoms. The number of carbonyl (C=O) groups is 1. The quantitative estimate of drug-likeness (QED) is 0.691. The summed E-state index contributed by atoms with van der Waals surface area (Å²) in [5.74, 6) is -0.156. The van der Waals surface area contributed by atoms with Crippen molar-refractivity contribution < 1.29 is 13.2 Å². The Kier molecular flexibility index (Phi) is 6.50. The van der Waals surface area contributed by atoms with Crippen LogP contribution >= 0.6 is 12.4 Å². The van der Waals surface area contributed by atoms with Crippen molar-refractivity contribution in [2.45, 2.75) is 25.3 Å². The number of anilines is 2. The third-order valence-corrected chi connectivity index (χ3v) is 5.18. The maximum absolute atomic E-state index is 13.1. The molecule has 1 aliphatic rings. The number of hydrogen-bond acceptors (Lipinski definition) is 5. The Balaban J connectivity index is 0.00000261. The molecule has 3 rings (SSSR count). The van der Waals surface area contributed by atoms with E-state index in [9.17, 15) is 13.2 Å². The van der Waals surface area contributed by atoms with Crippen molar-refractivity contribution in [2.24, 2.45) is 0 Å². The van der Waals surface area contributed by atoms with Crippen LogP contribution in [-0.2, 0) is 20.4 Å². The Morgan fingerprint density at radius 2 is 2.00 bits per heavy atom. The Hall–Kier alpha value is -2.10. The lowest BCUT2D eigenvalue weighted by atomic mass is 9.87. The van der Waals surface area contributed by atoms with Gasteiger partial charge in [0.05, 0.1) is 11.9 Å². The van der Waals surface area contributed by atoms with Crippen LogP contribution in [0, 0.1) is 6.92 Å². The minimum absolute atomic E-state index is 0. The largest absolute Gasteiger partial charge is 0.324 e. The van der Waals surface area contributed by atoms with E-state index in [4.69, 9.17) is 0 Å². The second kappa shape index (κ2) is 8.28. The highest BCUT2D eigenvalue weighted by molar-refractivity contribution is 7.92. The molecule has 0 bridgehead atoms. The number of carbonyl (C=O) groups excluding carboxylic acids is 1. The lowest BCUT2D eigenvalue weighted by Crippen LogP contribution is -2.52. The second-order valence-corrected chi connectivity index (χ2v) is 8.34. The second-order valence-electron chi connectivity index (χ2n) is 6.59. The van der Waals surface area contributed by atoms with Gasteiger partial charge in [0.15, 0.2) is 0 Å². The van der Waals surface area contributed by atoms with Crippen LogP contribution in [0.25, 0.3) is 0 Å². The molecule has 0 spiro atoms.